The molecule has 288 valence electrons. The predicted octanol–water partition coefficient (Wildman–Crippen LogP) is 5.33. The molecule has 5 N–H and O–H groups in total. The summed E-state index contributed by atoms with van der Waals surface area (Å²) in [6.45, 7) is 10.9. The van der Waals surface area contributed by atoms with Gasteiger partial charge in [-0.25, -0.2) is 14.8 Å². The van der Waals surface area contributed by atoms with Gasteiger partial charge in [0.15, 0.2) is 0 Å². The Labute approximate surface area is 316 Å². The predicted molar refractivity (Wildman–Crippen MR) is 208 cm³/mol. The molecule has 0 radical (unpaired) electrons. The highest BCUT2D eigenvalue weighted by molar-refractivity contribution is 5.85. The van der Waals surface area contributed by atoms with E-state index in [9.17, 15) is 14.4 Å². The zero-order chi connectivity index (χ0) is 36.1. The minimum atomic E-state index is -0.481. The fraction of sp³-hybridized carbons (Fsp3) is 0.667. The number of pyridine rings is 2. The Balaban J connectivity index is 0.000000236. The number of hydrogen-bond donors (Lipinski definition) is 5. The third kappa shape index (κ3) is 13.7. The Morgan fingerprint density at radius 1 is 0.750 bits per heavy atom. The second kappa shape index (κ2) is 20.6. The molecule has 2 fully saturated rings. The quantitative estimate of drug-likeness (QED) is 0.218. The smallest absolute Gasteiger partial charge is 0.410 e. The van der Waals surface area contributed by atoms with E-state index in [-0.39, 0.29) is 36.4 Å². The first-order chi connectivity index (χ1) is 24.6. The zero-order valence-corrected chi connectivity index (χ0v) is 32.3. The average Bonchev–Trinajstić information content (AvgIpc) is 3.12. The molecular weight excluding hydrogens is 680 g/mol. The van der Waals surface area contributed by atoms with Gasteiger partial charge in [-0.15, -0.1) is 12.4 Å². The number of nitrogens with one attached hydrogen (secondary N) is 5. The summed E-state index contributed by atoms with van der Waals surface area (Å²) in [6.07, 6.45) is 12.3. The van der Waals surface area contributed by atoms with Gasteiger partial charge in [-0.05, 0) is 134 Å². The van der Waals surface area contributed by atoms with Crippen molar-refractivity contribution in [2.24, 2.45) is 0 Å². The number of carbonyl (C=O) groups excluding carboxylic acids is 3. The summed E-state index contributed by atoms with van der Waals surface area (Å²) < 4.78 is 5.41. The Hall–Kier alpha value is -3.64. The van der Waals surface area contributed by atoms with E-state index >= 15 is 0 Å². The van der Waals surface area contributed by atoms with Crippen LogP contribution in [0.15, 0.2) is 24.3 Å². The number of nitrogens with zero attached hydrogens (tertiary/aromatic N) is 3. The van der Waals surface area contributed by atoms with E-state index < -0.39 is 5.60 Å². The monoisotopic (exact) mass is 740 g/mol. The van der Waals surface area contributed by atoms with Crippen LogP contribution in [-0.4, -0.2) is 89.7 Å². The number of ether oxygens (including phenoxy) is 1. The fourth-order valence-corrected chi connectivity index (χ4v) is 6.98. The molecule has 4 aliphatic rings. The number of fused-ring (bicyclic) bond motifs is 2. The summed E-state index contributed by atoms with van der Waals surface area (Å²) in [7, 11) is 0. The third-order valence-electron chi connectivity index (χ3n) is 9.79. The summed E-state index contributed by atoms with van der Waals surface area (Å²) in [4.78, 5) is 47.5. The molecule has 52 heavy (non-hydrogen) atoms. The number of aromatic nitrogens is 2. The van der Waals surface area contributed by atoms with Gasteiger partial charge in [0.1, 0.15) is 17.2 Å². The second-order valence-electron chi connectivity index (χ2n) is 15.3. The minimum Gasteiger partial charge on any atom is -0.444 e. The molecule has 3 amide bonds. The molecule has 0 aliphatic carbocycles. The Bertz CT molecular complexity index is 1450. The molecule has 4 aliphatic heterocycles. The number of aryl methyl sites for hydroxylation is 4. The van der Waals surface area contributed by atoms with Crippen LogP contribution in [0.4, 0.5) is 16.4 Å². The van der Waals surface area contributed by atoms with Crippen LogP contribution in [0, 0.1) is 0 Å². The number of rotatable bonds is 10. The molecule has 12 nitrogen and oxygen atoms in total. The topological polar surface area (TPSA) is 150 Å². The highest BCUT2D eigenvalue weighted by Crippen LogP contribution is 2.22. The van der Waals surface area contributed by atoms with Crippen molar-refractivity contribution in [2.75, 3.05) is 49.9 Å². The number of likely N-dealkylation sites (tertiary alicyclic amines) is 1. The standard InChI is InChI=1S/C22H34N4O3.C17H26N4O.ClH/c1-22(2,3)29-21(28)26-14-11-18(12-15-26)24-19(27)8-4-7-17-10-9-16-6-5-13-23-20(16)25-17;22-16(20-15-8-11-18-12-9-15)5-1-4-14-7-6-13-3-2-10-19-17(13)21-14;/h9-10,18H,4-8,11-15H2,1-3H3,(H,23,25)(H,24,27);6-7,15,18H,1-5,8-12H2,(H,19,21)(H,20,22);1H. The van der Waals surface area contributed by atoms with Crippen molar-refractivity contribution < 1.29 is 19.1 Å². The van der Waals surface area contributed by atoms with Crippen LogP contribution in [-0.2, 0) is 40.0 Å². The molecule has 6 heterocycles. The number of halogens is 1. The van der Waals surface area contributed by atoms with E-state index in [0.717, 1.165) is 120 Å². The van der Waals surface area contributed by atoms with Crippen LogP contribution >= 0.6 is 12.4 Å². The summed E-state index contributed by atoms with van der Waals surface area (Å²) >= 11 is 0. The number of anilines is 2. The van der Waals surface area contributed by atoms with Crippen molar-refractivity contribution in [2.45, 2.75) is 128 Å². The number of carbonyl (C=O) groups is 3. The van der Waals surface area contributed by atoms with Crippen molar-refractivity contribution >= 4 is 42.0 Å². The SMILES string of the molecule is CC(C)(C)OC(=O)N1CCC(NC(=O)CCCc2ccc3c(n2)NCCC3)CC1.Cl.O=C(CCCc1ccc2c(n1)NCCC2)NC1CCNCC1. The molecule has 0 saturated carbocycles. The molecule has 2 aromatic heterocycles. The first-order valence-electron chi connectivity index (χ1n) is 19.3. The molecule has 0 spiro atoms. The normalized spacial score (nSPS) is 17.4. The lowest BCUT2D eigenvalue weighted by Crippen LogP contribution is -2.47. The van der Waals surface area contributed by atoms with E-state index in [1.807, 2.05) is 20.8 Å². The van der Waals surface area contributed by atoms with Crippen LogP contribution < -0.4 is 26.6 Å². The fourth-order valence-electron chi connectivity index (χ4n) is 6.98. The maximum atomic E-state index is 12.3. The van der Waals surface area contributed by atoms with Gasteiger partial charge in [0.25, 0.3) is 0 Å². The van der Waals surface area contributed by atoms with Crippen molar-refractivity contribution in [3.8, 4) is 0 Å². The zero-order valence-electron chi connectivity index (χ0n) is 31.5. The van der Waals surface area contributed by atoms with Crippen LogP contribution in [0.1, 0.15) is 107 Å². The molecule has 0 aromatic carbocycles. The summed E-state index contributed by atoms with van der Waals surface area (Å²) in [6, 6.07) is 9.01. The number of hydrogen-bond acceptors (Lipinski definition) is 9. The molecule has 0 bridgehead atoms. The largest absolute Gasteiger partial charge is 0.444 e. The number of piperidine rings is 2. The summed E-state index contributed by atoms with van der Waals surface area (Å²) in [5, 5.41) is 16.3. The van der Waals surface area contributed by atoms with Crippen molar-refractivity contribution in [3.63, 3.8) is 0 Å². The van der Waals surface area contributed by atoms with E-state index in [1.54, 1.807) is 4.90 Å². The van der Waals surface area contributed by atoms with Crippen LogP contribution in [0.25, 0.3) is 0 Å². The highest BCUT2D eigenvalue weighted by atomic mass is 35.5. The third-order valence-corrected chi connectivity index (χ3v) is 9.79. The molecule has 0 atom stereocenters. The molecule has 0 unspecified atom stereocenters. The Kier molecular flexibility index (Phi) is 16.3. The maximum Gasteiger partial charge on any atom is 0.410 e. The van der Waals surface area contributed by atoms with E-state index in [4.69, 9.17) is 4.74 Å². The summed E-state index contributed by atoms with van der Waals surface area (Å²) in [5.41, 5.74) is 4.25. The van der Waals surface area contributed by atoms with Crippen molar-refractivity contribution in [3.05, 3.63) is 46.8 Å². The van der Waals surface area contributed by atoms with Crippen molar-refractivity contribution in [1.82, 2.24) is 30.8 Å². The Morgan fingerprint density at radius 2 is 1.23 bits per heavy atom. The van der Waals surface area contributed by atoms with Gasteiger partial charge in [-0.3, -0.25) is 9.59 Å². The van der Waals surface area contributed by atoms with E-state index in [1.165, 1.54) is 17.5 Å². The minimum absolute atomic E-state index is 0. The first-order valence-corrected chi connectivity index (χ1v) is 19.3. The van der Waals surface area contributed by atoms with Crippen LogP contribution in [0.5, 0.6) is 0 Å². The molecular formula is C39H61ClN8O4. The van der Waals surface area contributed by atoms with Crippen LogP contribution in [0.2, 0.25) is 0 Å². The lowest BCUT2D eigenvalue weighted by Gasteiger charge is -2.33. The van der Waals surface area contributed by atoms with Gasteiger partial charge in [0, 0.05) is 62.5 Å². The van der Waals surface area contributed by atoms with Gasteiger partial charge >= 0.3 is 6.09 Å². The molecule has 2 saturated heterocycles. The first kappa shape index (κ1) is 41.1. The lowest BCUT2D eigenvalue weighted by atomic mass is 10.0. The summed E-state index contributed by atoms with van der Waals surface area (Å²) in [5.74, 6) is 2.32. The highest BCUT2D eigenvalue weighted by Gasteiger charge is 2.27. The molecule has 2 aromatic rings. The van der Waals surface area contributed by atoms with Gasteiger partial charge in [0.2, 0.25) is 11.8 Å². The maximum absolute atomic E-state index is 12.3. The van der Waals surface area contributed by atoms with Gasteiger partial charge in [-0.2, -0.15) is 0 Å². The Morgan fingerprint density at radius 3 is 1.71 bits per heavy atom. The second-order valence-corrected chi connectivity index (χ2v) is 15.3. The number of amides is 3. The molecule has 6 rings (SSSR count). The molecule has 13 heteroatoms. The van der Waals surface area contributed by atoms with Crippen LogP contribution in [0.3, 0.4) is 0 Å². The van der Waals surface area contributed by atoms with Gasteiger partial charge < -0.3 is 36.2 Å². The van der Waals surface area contributed by atoms with E-state index in [0.29, 0.717) is 32.0 Å². The lowest BCUT2D eigenvalue weighted by molar-refractivity contribution is -0.123. The van der Waals surface area contributed by atoms with E-state index in [2.05, 4.69) is 60.8 Å². The average molecular weight is 741 g/mol. The van der Waals surface area contributed by atoms with Gasteiger partial charge in [0.05, 0.1) is 0 Å². The van der Waals surface area contributed by atoms with Crippen molar-refractivity contribution in [1.29, 1.82) is 0 Å². The van der Waals surface area contributed by atoms with Gasteiger partial charge in [-0.1, -0.05) is 12.1 Å².